The van der Waals surface area contributed by atoms with Crippen molar-refractivity contribution in [2.45, 2.75) is 6.61 Å². The number of amides is 1. The summed E-state index contributed by atoms with van der Waals surface area (Å²) >= 11 is 1.54. The van der Waals surface area contributed by atoms with Crippen molar-refractivity contribution in [1.82, 2.24) is 4.98 Å². The Morgan fingerprint density at radius 2 is 1.73 bits per heavy atom. The molecule has 4 nitrogen and oxygen atoms in total. The number of halogens is 2. The Labute approximate surface area is 175 Å². The Morgan fingerprint density at radius 3 is 2.57 bits per heavy atom. The van der Waals surface area contributed by atoms with Gasteiger partial charge in [0.2, 0.25) is 5.91 Å². The number of anilines is 1. The fourth-order valence-electron chi connectivity index (χ4n) is 2.93. The number of carbonyl (C=O) groups excluding carboxylic acids is 1. The number of benzene rings is 3. The molecule has 0 saturated heterocycles. The van der Waals surface area contributed by atoms with Gasteiger partial charge < -0.3 is 10.1 Å². The lowest BCUT2D eigenvalue weighted by molar-refractivity contribution is -0.111. The maximum Gasteiger partial charge on any atom is 0.387 e. The van der Waals surface area contributed by atoms with E-state index < -0.39 is 12.5 Å². The first-order chi connectivity index (χ1) is 14.6. The number of thiazole rings is 1. The number of carbonyl (C=O) groups is 1. The standard InChI is InChI=1S/C23H16F2N2O2S/c24-23(25)29-19-11-5-1-7-15(19)13-14-21(28)26-17-9-3-2-8-16(17)22-27-18-10-4-6-12-20(18)30-22/h1-14,23H,(H,26,28)/b14-13+. The third-order valence-electron chi connectivity index (χ3n) is 4.26. The van der Waals surface area contributed by atoms with Crippen LogP contribution in [0.25, 0.3) is 26.9 Å². The molecule has 0 saturated carbocycles. The van der Waals surface area contributed by atoms with Gasteiger partial charge in [-0.3, -0.25) is 4.79 Å². The smallest absolute Gasteiger partial charge is 0.387 e. The molecule has 0 aliphatic rings. The molecule has 1 N–H and O–H groups in total. The molecule has 4 rings (SSSR count). The van der Waals surface area contributed by atoms with Gasteiger partial charge in [-0.15, -0.1) is 11.3 Å². The third-order valence-corrected chi connectivity index (χ3v) is 5.33. The van der Waals surface area contributed by atoms with Gasteiger partial charge in [0.15, 0.2) is 0 Å². The number of aromatic nitrogens is 1. The molecular formula is C23H16F2N2O2S. The van der Waals surface area contributed by atoms with Crippen LogP contribution in [0.5, 0.6) is 5.75 Å². The molecule has 0 unspecified atom stereocenters. The van der Waals surface area contributed by atoms with Crippen LogP contribution in [0.15, 0.2) is 78.9 Å². The molecule has 4 aromatic rings. The number of nitrogens with zero attached hydrogens (tertiary/aromatic N) is 1. The summed E-state index contributed by atoms with van der Waals surface area (Å²) in [5.74, 6) is -0.387. The first-order valence-corrected chi connectivity index (χ1v) is 9.90. The van der Waals surface area contributed by atoms with Gasteiger partial charge in [0.1, 0.15) is 10.8 Å². The molecular weight excluding hydrogens is 406 g/mol. The number of nitrogens with one attached hydrogen (secondary N) is 1. The van der Waals surface area contributed by atoms with Crippen LogP contribution in [0.4, 0.5) is 14.5 Å². The van der Waals surface area contributed by atoms with Crippen LogP contribution < -0.4 is 10.1 Å². The lowest BCUT2D eigenvalue weighted by Crippen LogP contribution is -2.09. The first-order valence-electron chi connectivity index (χ1n) is 9.08. The fraction of sp³-hybridized carbons (Fsp3) is 0.0435. The van der Waals surface area contributed by atoms with Gasteiger partial charge in [-0.25, -0.2) is 4.98 Å². The molecule has 0 aliphatic heterocycles. The topological polar surface area (TPSA) is 51.2 Å². The zero-order chi connectivity index (χ0) is 20.9. The molecule has 1 aromatic heterocycles. The van der Waals surface area contributed by atoms with Crippen molar-refractivity contribution in [3.63, 3.8) is 0 Å². The van der Waals surface area contributed by atoms with Crippen LogP contribution >= 0.6 is 11.3 Å². The number of fused-ring (bicyclic) bond motifs is 1. The van der Waals surface area contributed by atoms with E-state index in [0.29, 0.717) is 11.3 Å². The van der Waals surface area contributed by atoms with Crippen LogP contribution in [-0.2, 0) is 4.79 Å². The van der Waals surface area contributed by atoms with E-state index in [1.807, 2.05) is 42.5 Å². The summed E-state index contributed by atoms with van der Waals surface area (Å²) in [7, 11) is 0. The van der Waals surface area contributed by atoms with Crippen LogP contribution in [0.1, 0.15) is 5.56 Å². The van der Waals surface area contributed by atoms with Gasteiger partial charge in [-0.05, 0) is 36.4 Å². The number of hydrogen-bond donors (Lipinski definition) is 1. The first kappa shape index (κ1) is 19.7. The van der Waals surface area contributed by atoms with E-state index in [9.17, 15) is 13.6 Å². The Bertz CT molecular complexity index is 1190. The molecule has 3 aromatic carbocycles. The number of ether oxygens (including phenoxy) is 1. The van der Waals surface area contributed by atoms with Crippen molar-refractivity contribution in [2.75, 3.05) is 5.32 Å². The quantitative estimate of drug-likeness (QED) is 0.376. The summed E-state index contributed by atoms with van der Waals surface area (Å²) in [4.78, 5) is 17.1. The number of alkyl halides is 2. The van der Waals surface area contributed by atoms with Gasteiger partial charge >= 0.3 is 6.61 Å². The molecule has 0 spiro atoms. The molecule has 150 valence electrons. The molecule has 0 fully saturated rings. The predicted octanol–water partition coefficient (Wildman–Crippen LogP) is 6.22. The van der Waals surface area contributed by atoms with E-state index in [1.165, 1.54) is 18.2 Å². The minimum absolute atomic E-state index is 0.00595. The Kier molecular flexibility index (Phi) is 5.81. The minimum Gasteiger partial charge on any atom is -0.434 e. The summed E-state index contributed by atoms with van der Waals surface area (Å²) in [5, 5.41) is 3.63. The predicted molar refractivity (Wildman–Crippen MR) is 116 cm³/mol. The molecule has 0 radical (unpaired) electrons. The molecule has 0 atom stereocenters. The minimum atomic E-state index is -2.94. The van der Waals surface area contributed by atoms with E-state index in [4.69, 9.17) is 0 Å². The zero-order valence-electron chi connectivity index (χ0n) is 15.6. The van der Waals surface area contributed by atoms with Gasteiger partial charge in [0.25, 0.3) is 0 Å². The van der Waals surface area contributed by atoms with Crippen LogP contribution in [-0.4, -0.2) is 17.5 Å². The van der Waals surface area contributed by atoms with Crippen molar-refractivity contribution in [1.29, 1.82) is 0 Å². The van der Waals surface area contributed by atoms with Gasteiger partial charge in [-0.2, -0.15) is 8.78 Å². The monoisotopic (exact) mass is 422 g/mol. The van der Waals surface area contributed by atoms with Crippen LogP contribution in [0.3, 0.4) is 0 Å². The van der Waals surface area contributed by atoms with Crippen molar-refractivity contribution < 1.29 is 18.3 Å². The summed E-state index contributed by atoms with van der Waals surface area (Å²) in [6.45, 7) is -2.94. The molecule has 0 aliphatic carbocycles. The molecule has 1 heterocycles. The second-order valence-electron chi connectivity index (χ2n) is 6.27. The highest BCUT2D eigenvalue weighted by Gasteiger charge is 2.12. The van der Waals surface area contributed by atoms with E-state index in [0.717, 1.165) is 20.8 Å². The lowest BCUT2D eigenvalue weighted by Gasteiger charge is -2.08. The van der Waals surface area contributed by atoms with E-state index in [2.05, 4.69) is 15.0 Å². The fourth-order valence-corrected chi connectivity index (χ4v) is 3.93. The van der Waals surface area contributed by atoms with Crippen LogP contribution in [0, 0.1) is 0 Å². The summed E-state index contributed by atoms with van der Waals surface area (Å²) < 4.78 is 30.6. The average molecular weight is 422 g/mol. The van der Waals surface area contributed by atoms with E-state index in [-0.39, 0.29) is 5.75 Å². The molecule has 7 heteroatoms. The summed E-state index contributed by atoms with van der Waals surface area (Å²) in [5.41, 5.74) is 2.70. The number of rotatable bonds is 6. The number of para-hydroxylation sites is 3. The highest BCUT2D eigenvalue weighted by molar-refractivity contribution is 7.21. The maximum atomic E-state index is 12.5. The Morgan fingerprint density at radius 1 is 1.00 bits per heavy atom. The molecule has 30 heavy (non-hydrogen) atoms. The lowest BCUT2D eigenvalue weighted by atomic mass is 10.1. The van der Waals surface area contributed by atoms with Crippen molar-refractivity contribution >= 4 is 39.2 Å². The van der Waals surface area contributed by atoms with Crippen molar-refractivity contribution in [3.8, 4) is 16.3 Å². The zero-order valence-corrected chi connectivity index (χ0v) is 16.4. The average Bonchev–Trinajstić information content (AvgIpc) is 3.17. The summed E-state index contributed by atoms with van der Waals surface area (Å²) in [6, 6.07) is 21.5. The van der Waals surface area contributed by atoms with Crippen molar-refractivity contribution in [2.24, 2.45) is 0 Å². The van der Waals surface area contributed by atoms with E-state index >= 15 is 0 Å². The SMILES string of the molecule is O=C(/C=C/c1ccccc1OC(F)F)Nc1ccccc1-c1nc2ccccc2s1. The highest BCUT2D eigenvalue weighted by atomic mass is 32.1. The maximum absolute atomic E-state index is 12.5. The summed E-state index contributed by atoms with van der Waals surface area (Å²) in [6.07, 6.45) is 2.72. The van der Waals surface area contributed by atoms with E-state index in [1.54, 1.807) is 35.6 Å². The van der Waals surface area contributed by atoms with Gasteiger partial charge in [-0.1, -0.05) is 42.5 Å². The molecule has 0 bridgehead atoms. The third kappa shape index (κ3) is 4.52. The molecule has 1 amide bonds. The van der Waals surface area contributed by atoms with Gasteiger partial charge in [0.05, 0.1) is 15.9 Å². The highest BCUT2D eigenvalue weighted by Crippen LogP contribution is 2.34. The normalized spacial score (nSPS) is 11.3. The van der Waals surface area contributed by atoms with Crippen LogP contribution in [0.2, 0.25) is 0 Å². The van der Waals surface area contributed by atoms with Gasteiger partial charge in [0, 0.05) is 17.2 Å². The second kappa shape index (κ2) is 8.84. The number of hydrogen-bond acceptors (Lipinski definition) is 4. The second-order valence-corrected chi connectivity index (χ2v) is 7.30. The Balaban J connectivity index is 1.56. The Hall–Kier alpha value is -3.58. The largest absolute Gasteiger partial charge is 0.434 e. The van der Waals surface area contributed by atoms with Crippen molar-refractivity contribution in [3.05, 3.63) is 84.4 Å².